The van der Waals surface area contributed by atoms with Gasteiger partial charge in [-0.1, -0.05) is 31.9 Å². The van der Waals surface area contributed by atoms with Crippen LogP contribution in [-0.4, -0.2) is 26.2 Å². The minimum absolute atomic E-state index is 0.390. The Morgan fingerprint density at radius 2 is 1.67 bits per heavy atom. The maximum atomic E-state index is 5.51. The monoisotopic (exact) mass is 318 g/mol. The van der Waals surface area contributed by atoms with Gasteiger partial charge in [0, 0.05) is 13.2 Å². The van der Waals surface area contributed by atoms with E-state index in [1.807, 2.05) is 13.8 Å². The van der Waals surface area contributed by atoms with Crippen LogP contribution in [0.15, 0.2) is 0 Å². The largest absolute Gasteiger partial charge is 0.397 e. The maximum absolute atomic E-state index is 5.51. The Morgan fingerprint density at radius 3 is 2.00 bits per heavy atom. The molecule has 0 amide bonds. The van der Waals surface area contributed by atoms with Gasteiger partial charge in [-0.2, -0.15) is 0 Å². The smallest absolute Gasteiger partial charge is 0.321 e. The van der Waals surface area contributed by atoms with E-state index >= 15 is 0 Å². The Hall–Kier alpha value is 1.10. The van der Waals surface area contributed by atoms with E-state index in [1.165, 1.54) is 0 Å². The second-order valence-electron chi connectivity index (χ2n) is 2.31. The van der Waals surface area contributed by atoms with Gasteiger partial charge in [-0.15, -0.1) is 0 Å². The predicted molar refractivity (Wildman–Crippen MR) is 61.5 cm³/mol. The third kappa shape index (κ3) is 7.73. The lowest BCUT2D eigenvalue weighted by atomic mass is 10.6. The highest BCUT2D eigenvalue weighted by molar-refractivity contribution is 9.24. The van der Waals surface area contributed by atoms with Gasteiger partial charge < -0.3 is 8.85 Å². The lowest BCUT2D eigenvalue weighted by Gasteiger charge is -2.14. The molecule has 0 aromatic heterocycles. The summed E-state index contributed by atoms with van der Waals surface area (Å²) in [5.41, 5.74) is 0. The van der Waals surface area contributed by atoms with Crippen molar-refractivity contribution in [3.8, 4) is 0 Å². The van der Waals surface area contributed by atoms with Crippen LogP contribution in [0.3, 0.4) is 0 Å². The first-order chi connectivity index (χ1) is 5.70. The number of rotatable bonds is 7. The molecule has 74 valence electrons. The molecule has 0 bridgehead atoms. The van der Waals surface area contributed by atoms with Crippen LogP contribution in [0.2, 0.25) is 6.04 Å². The summed E-state index contributed by atoms with van der Waals surface area (Å²) in [6.07, 6.45) is 1.07. The van der Waals surface area contributed by atoms with E-state index in [9.17, 15) is 0 Å². The standard InChI is InChI=1S/C7H16Br2O2Si/c1-3-10-12(11-4-2)6-5-7(8)9/h7,12H,3-6H2,1-2H3. The third-order valence-corrected chi connectivity index (χ3v) is 4.46. The molecule has 0 spiro atoms. The molecule has 12 heavy (non-hydrogen) atoms. The summed E-state index contributed by atoms with van der Waals surface area (Å²) in [5, 5.41) is 0. The SMILES string of the molecule is CCO[SiH](CCC(Br)Br)OCC. The minimum atomic E-state index is -1.35. The normalized spacial score (nSPS) is 11.5. The fraction of sp³-hybridized carbons (Fsp3) is 1.00. The molecule has 0 aromatic rings. The Balaban J connectivity index is 3.48. The molecule has 0 heterocycles. The average Bonchev–Trinajstić information content (AvgIpc) is 2.01. The number of alkyl halides is 2. The highest BCUT2D eigenvalue weighted by Crippen LogP contribution is 2.16. The molecule has 0 aliphatic carbocycles. The fourth-order valence-corrected chi connectivity index (χ4v) is 4.13. The summed E-state index contributed by atoms with van der Waals surface area (Å²) in [6, 6.07) is 1.06. The number of hydrogen-bond donors (Lipinski definition) is 0. The second kappa shape index (κ2) is 8.68. The first kappa shape index (κ1) is 13.1. The highest BCUT2D eigenvalue weighted by Gasteiger charge is 2.13. The lowest BCUT2D eigenvalue weighted by molar-refractivity contribution is 0.213. The van der Waals surface area contributed by atoms with E-state index in [2.05, 4.69) is 31.9 Å². The van der Waals surface area contributed by atoms with Gasteiger partial charge >= 0.3 is 9.28 Å². The summed E-state index contributed by atoms with van der Waals surface area (Å²) in [7, 11) is -1.35. The molecular formula is C7H16Br2O2Si. The van der Waals surface area contributed by atoms with Gasteiger partial charge in [0.2, 0.25) is 0 Å². The molecule has 0 radical (unpaired) electrons. The zero-order chi connectivity index (χ0) is 9.40. The van der Waals surface area contributed by atoms with Crippen LogP contribution in [-0.2, 0) is 8.85 Å². The Bertz CT molecular complexity index is 97.4. The highest BCUT2D eigenvalue weighted by atomic mass is 79.9. The van der Waals surface area contributed by atoms with Gasteiger partial charge in [0.05, 0.1) is 3.74 Å². The molecule has 0 saturated heterocycles. The molecule has 0 rings (SSSR count). The van der Waals surface area contributed by atoms with Crippen LogP contribution in [0.5, 0.6) is 0 Å². The Morgan fingerprint density at radius 1 is 1.17 bits per heavy atom. The molecule has 0 unspecified atom stereocenters. The van der Waals surface area contributed by atoms with Gasteiger partial charge in [-0.05, 0) is 26.3 Å². The van der Waals surface area contributed by atoms with Crippen LogP contribution >= 0.6 is 31.9 Å². The van der Waals surface area contributed by atoms with E-state index < -0.39 is 9.28 Å². The molecule has 0 atom stereocenters. The summed E-state index contributed by atoms with van der Waals surface area (Å²) < 4.78 is 11.4. The number of halogens is 2. The Labute approximate surface area is 93.1 Å². The zero-order valence-electron chi connectivity index (χ0n) is 7.56. The second-order valence-corrected chi connectivity index (χ2v) is 7.85. The van der Waals surface area contributed by atoms with Crippen LogP contribution in [0.1, 0.15) is 20.3 Å². The van der Waals surface area contributed by atoms with Gasteiger partial charge in [-0.25, -0.2) is 0 Å². The van der Waals surface area contributed by atoms with Crippen LogP contribution in [0.4, 0.5) is 0 Å². The summed E-state index contributed by atoms with van der Waals surface area (Å²) in [6.45, 7) is 5.57. The zero-order valence-corrected chi connectivity index (χ0v) is 11.9. The molecule has 5 heteroatoms. The van der Waals surface area contributed by atoms with Gasteiger partial charge in [-0.3, -0.25) is 0 Å². The van der Waals surface area contributed by atoms with Crippen molar-refractivity contribution >= 4 is 41.1 Å². The van der Waals surface area contributed by atoms with Crippen molar-refractivity contribution in [2.75, 3.05) is 13.2 Å². The van der Waals surface area contributed by atoms with Crippen molar-refractivity contribution in [1.29, 1.82) is 0 Å². The van der Waals surface area contributed by atoms with E-state index in [4.69, 9.17) is 8.85 Å². The van der Waals surface area contributed by atoms with Crippen molar-refractivity contribution in [2.24, 2.45) is 0 Å². The van der Waals surface area contributed by atoms with Crippen LogP contribution < -0.4 is 0 Å². The fourth-order valence-electron chi connectivity index (χ4n) is 0.849. The molecule has 0 N–H and O–H groups in total. The summed E-state index contributed by atoms with van der Waals surface area (Å²) in [5.74, 6) is 0. The Kier molecular flexibility index (Phi) is 9.48. The molecule has 0 aromatic carbocycles. The van der Waals surface area contributed by atoms with Crippen LogP contribution in [0.25, 0.3) is 0 Å². The van der Waals surface area contributed by atoms with Crippen molar-refractivity contribution in [3.63, 3.8) is 0 Å². The van der Waals surface area contributed by atoms with E-state index in [-0.39, 0.29) is 0 Å². The maximum Gasteiger partial charge on any atom is 0.321 e. The van der Waals surface area contributed by atoms with Crippen molar-refractivity contribution in [3.05, 3.63) is 0 Å². The van der Waals surface area contributed by atoms with Gasteiger partial charge in [0.25, 0.3) is 0 Å². The third-order valence-electron chi connectivity index (χ3n) is 1.33. The average molecular weight is 320 g/mol. The molecule has 0 saturated carbocycles. The van der Waals surface area contributed by atoms with Gasteiger partial charge in [0.15, 0.2) is 0 Å². The molecule has 2 nitrogen and oxygen atoms in total. The summed E-state index contributed by atoms with van der Waals surface area (Å²) in [4.78, 5) is 0. The lowest BCUT2D eigenvalue weighted by Crippen LogP contribution is -2.23. The van der Waals surface area contributed by atoms with Crippen molar-refractivity contribution in [1.82, 2.24) is 0 Å². The van der Waals surface area contributed by atoms with Crippen molar-refractivity contribution < 1.29 is 8.85 Å². The molecule has 0 fully saturated rings. The van der Waals surface area contributed by atoms with E-state index in [0.29, 0.717) is 3.74 Å². The summed E-state index contributed by atoms with van der Waals surface area (Å²) >= 11 is 6.87. The van der Waals surface area contributed by atoms with Gasteiger partial charge in [0.1, 0.15) is 0 Å². The number of hydrogen-bond acceptors (Lipinski definition) is 2. The van der Waals surface area contributed by atoms with E-state index in [0.717, 1.165) is 25.7 Å². The topological polar surface area (TPSA) is 18.5 Å². The molecular weight excluding hydrogens is 304 g/mol. The quantitative estimate of drug-likeness (QED) is 0.530. The molecule has 0 aliphatic rings. The molecule has 0 aliphatic heterocycles. The van der Waals surface area contributed by atoms with E-state index in [1.54, 1.807) is 0 Å². The predicted octanol–water partition coefficient (Wildman–Crippen LogP) is 2.79. The first-order valence-electron chi connectivity index (χ1n) is 4.22. The first-order valence-corrected chi connectivity index (χ1v) is 7.81. The minimum Gasteiger partial charge on any atom is -0.397 e. The van der Waals surface area contributed by atoms with Crippen LogP contribution in [0, 0.1) is 0 Å². The van der Waals surface area contributed by atoms with Crippen molar-refractivity contribution in [2.45, 2.75) is 30.0 Å².